The van der Waals surface area contributed by atoms with Crippen molar-refractivity contribution in [1.29, 1.82) is 0 Å². The zero-order valence-corrected chi connectivity index (χ0v) is 15.8. The van der Waals surface area contributed by atoms with Gasteiger partial charge in [-0.3, -0.25) is 9.69 Å². The van der Waals surface area contributed by atoms with Gasteiger partial charge < -0.3 is 10.1 Å². The number of piperidine rings is 1. The molecule has 0 aromatic heterocycles. The molecule has 4 rings (SSSR count). The first-order chi connectivity index (χ1) is 13.2. The van der Waals surface area contributed by atoms with Gasteiger partial charge in [0.2, 0.25) is 5.91 Å². The molecule has 2 aliphatic rings. The van der Waals surface area contributed by atoms with Gasteiger partial charge in [0.25, 0.3) is 0 Å². The molecule has 0 saturated carbocycles. The predicted molar refractivity (Wildman–Crippen MR) is 107 cm³/mol. The molecule has 4 heteroatoms. The fourth-order valence-electron chi connectivity index (χ4n) is 4.21. The van der Waals surface area contributed by atoms with E-state index in [4.69, 9.17) is 4.74 Å². The molecule has 2 aromatic rings. The van der Waals surface area contributed by atoms with Gasteiger partial charge >= 0.3 is 0 Å². The Balaban J connectivity index is 1.23. The summed E-state index contributed by atoms with van der Waals surface area (Å²) in [4.78, 5) is 14.5. The van der Waals surface area contributed by atoms with E-state index in [0.717, 1.165) is 57.6 Å². The van der Waals surface area contributed by atoms with Gasteiger partial charge in [0.05, 0.1) is 12.0 Å². The van der Waals surface area contributed by atoms with Gasteiger partial charge in [-0.2, -0.15) is 0 Å². The second-order valence-corrected chi connectivity index (χ2v) is 7.79. The van der Waals surface area contributed by atoms with Crippen LogP contribution in [0, 0.1) is 5.41 Å². The molecule has 142 valence electrons. The lowest BCUT2D eigenvalue weighted by molar-refractivity contribution is -0.130. The highest BCUT2D eigenvalue weighted by molar-refractivity contribution is 5.84. The third kappa shape index (κ3) is 4.33. The fourth-order valence-corrected chi connectivity index (χ4v) is 4.21. The summed E-state index contributed by atoms with van der Waals surface area (Å²) in [6.45, 7) is 4.50. The highest BCUT2D eigenvalue weighted by Crippen LogP contribution is 2.38. The van der Waals surface area contributed by atoms with Gasteiger partial charge in [-0.15, -0.1) is 0 Å². The van der Waals surface area contributed by atoms with Crippen molar-refractivity contribution < 1.29 is 9.53 Å². The van der Waals surface area contributed by atoms with Crippen molar-refractivity contribution in [3.8, 4) is 5.75 Å². The molecule has 2 aromatic carbocycles. The van der Waals surface area contributed by atoms with Crippen molar-refractivity contribution in [2.75, 3.05) is 26.2 Å². The second-order valence-electron chi connectivity index (χ2n) is 7.79. The van der Waals surface area contributed by atoms with Crippen molar-refractivity contribution in [2.24, 2.45) is 5.41 Å². The van der Waals surface area contributed by atoms with E-state index in [-0.39, 0.29) is 11.3 Å². The van der Waals surface area contributed by atoms with Crippen LogP contribution in [-0.2, 0) is 17.8 Å². The molecule has 2 fully saturated rings. The minimum atomic E-state index is -0.0764. The smallest absolute Gasteiger partial charge is 0.226 e. The summed E-state index contributed by atoms with van der Waals surface area (Å²) < 4.78 is 5.87. The van der Waals surface area contributed by atoms with Gasteiger partial charge in [0, 0.05) is 19.5 Å². The van der Waals surface area contributed by atoms with Crippen LogP contribution < -0.4 is 10.1 Å². The molecule has 2 saturated heterocycles. The Labute approximate surface area is 161 Å². The third-order valence-electron chi connectivity index (χ3n) is 6.02. The zero-order chi connectivity index (χ0) is 18.5. The standard InChI is InChI=1S/C23H28N2O2/c26-22-23(11-14-24-22)12-15-25(16-13-23)18-20-6-8-21(9-7-20)27-17-10-19-4-2-1-3-5-19/h1-9H,10-18H2,(H,24,26). The van der Waals surface area contributed by atoms with Crippen molar-refractivity contribution in [3.63, 3.8) is 0 Å². The van der Waals surface area contributed by atoms with Crippen LogP contribution >= 0.6 is 0 Å². The number of ether oxygens (including phenoxy) is 1. The molecule has 0 bridgehead atoms. The largest absolute Gasteiger partial charge is 0.493 e. The van der Waals surface area contributed by atoms with E-state index in [2.05, 4.69) is 58.7 Å². The summed E-state index contributed by atoms with van der Waals surface area (Å²) in [5.41, 5.74) is 2.53. The molecule has 4 nitrogen and oxygen atoms in total. The van der Waals surface area contributed by atoms with E-state index >= 15 is 0 Å². The van der Waals surface area contributed by atoms with Gasteiger partial charge in [0.15, 0.2) is 0 Å². The van der Waals surface area contributed by atoms with Crippen molar-refractivity contribution in [3.05, 3.63) is 65.7 Å². The number of benzene rings is 2. The first-order valence-corrected chi connectivity index (χ1v) is 10.00. The number of nitrogens with zero attached hydrogens (tertiary/aromatic N) is 1. The molecule has 0 aliphatic carbocycles. The highest BCUT2D eigenvalue weighted by Gasteiger charge is 2.44. The van der Waals surface area contributed by atoms with Gasteiger partial charge in [-0.05, 0) is 55.6 Å². The maximum absolute atomic E-state index is 12.1. The number of likely N-dealkylation sites (tertiary alicyclic amines) is 1. The summed E-state index contributed by atoms with van der Waals surface area (Å²) in [7, 11) is 0. The summed E-state index contributed by atoms with van der Waals surface area (Å²) in [5, 5.41) is 3.01. The van der Waals surface area contributed by atoms with Gasteiger partial charge in [0.1, 0.15) is 5.75 Å². The highest BCUT2D eigenvalue weighted by atomic mass is 16.5. The minimum Gasteiger partial charge on any atom is -0.493 e. The number of hydrogen-bond acceptors (Lipinski definition) is 3. The molecule has 1 spiro atoms. The summed E-state index contributed by atoms with van der Waals surface area (Å²) in [5.74, 6) is 1.20. The van der Waals surface area contributed by atoms with Crippen LogP contribution in [0.1, 0.15) is 30.4 Å². The van der Waals surface area contributed by atoms with Crippen LogP contribution in [0.4, 0.5) is 0 Å². The lowest BCUT2D eigenvalue weighted by Crippen LogP contribution is -2.43. The summed E-state index contributed by atoms with van der Waals surface area (Å²) >= 11 is 0. The number of rotatable bonds is 6. The van der Waals surface area contributed by atoms with E-state index in [1.165, 1.54) is 11.1 Å². The van der Waals surface area contributed by atoms with Gasteiger partial charge in [-0.1, -0.05) is 42.5 Å². The maximum Gasteiger partial charge on any atom is 0.226 e. The Morgan fingerprint density at radius 3 is 2.33 bits per heavy atom. The topological polar surface area (TPSA) is 41.6 Å². The van der Waals surface area contributed by atoms with Crippen LogP contribution in [0.2, 0.25) is 0 Å². The number of nitrogens with one attached hydrogen (secondary N) is 1. The first kappa shape index (κ1) is 18.1. The van der Waals surface area contributed by atoms with E-state index in [1.54, 1.807) is 0 Å². The molecule has 0 unspecified atom stereocenters. The molecule has 2 heterocycles. The Morgan fingerprint density at radius 1 is 0.926 bits per heavy atom. The zero-order valence-electron chi connectivity index (χ0n) is 15.8. The molecule has 1 N–H and O–H groups in total. The van der Waals surface area contributed by atoms with Crippen LogP contribution in [0.5, 0.6) is 5.75 Å². The number of hydrogen-bond donors (Lipinski definition) is 1. The second kappa shape index (κ2) is 8.13. The Morgan fingerprint density at radius 2 is 1.67 bits per heavy atom. The van der Waals surface area contributed by atoms with E-state index < -0.39 is 0 Å². The number of carbonyl (C=O) groups is 1. The van der Waals surface area contributed by atoms with Crippen molar-refractivity contribution in [1.82, 2.24) is 10.2 Å². The van der Waals surface area contributed by atoms with Crippen LogP contribution in [-0.4, -0.2) is 37.0 Å². The third-order valence-corrected chi connectivity index (χ3v) is 6.02. The minimum absolute atomic E-state index is 0.0764. The molecule has 27 heavy (non-hydrogen) atoms. The summed E-state index contributed by atoms with van der Waals surface area (Å²) in [6, 6.07) is 18.9. The lowest BCUT2D eigenvalue weighted by Gasteiger charge is -2.37. The molecule has 2 aliphatic heterocycles. The first-order valence-electron chi connectivity index (χ1n) is 10.00. The van der Waals surface area contributed by atoms with Crippen molar-refractivity contribution >= 4 is 5.91 Å². The molecule has 1 amide bonds. The Bertz CT molecular complexity index is 750. The average Bonchev–Trinajstić information content (AvgIpc) is 3.06. The predicted octanol–water partition coefficient (Wildman–Crippen LogP) is 3.41. The number of amides is 1. The van der Waals surface area contributed by atoms with E-state index in [1.807, 2.05) is 6.07 Å². The van der Waals surface area contributed by atoms with Crippen LogP contribution in [0.3, 0.4) is 0 Å². The lowest BCUT2D eigenvalue weighted by atomic mass is 9.77. The molecule has 0 atom stereocenters. The Kier molecular flexibility index (Phi) is 5.44. The summed E-state index contributed by atoms with van der Waals surface area (Å²) in [6.07, 6.45) is 3.90. The fraction of sp³-hybridized carbons (Fsp3) is 0.435. The van der Waals surface area contributed by atoms with Crippen LogP contribution in [0.25, 0.3) is 0 Å². The Hall–Kier alpha value is -2.33. The SMILES string of the molecule is O=C1NCCC12CCN(Cc1ccc(OCCc3ccccc3)cc1)CC2. The number of carbonyl (C=O) groups excluding carboxylic acids is 1. The normalized spacial score (nSPS) is 19.2. The van der Waals surface area contributed by atoms with Crippen LogP contribution in [0.15, 0.2) is 54.6 Å². The molecular formula is C23H28N2O2. The quantitative estimate of drug-likeness (QED) is 0.854. The van der Waals surface area contributed by atoms with E-state index in [0.29, 0.717) is 6.61 Å². The molecular weight excluding hydrogens is 336 g/mol. The van der Waals surface area contributed by atoms with Crippen molar-refractivity contribution in [2.45, 2.75) is 32.2 Å². The molecule has 0 radical (unpaired) electrons. The monoisotopic (exact) mass is 364 g/mol. The average molecular weight is 364 g/mol. The maximum atomic E-state index is 12.1. The van der Waals surface area contributed by atoms with E-state index in [9.17, 15) is 4.79 Å². The van der Waals surface area contributed by atoms with Gasteiger partial charge in [-0.25, -0.2) is 0 Å².